The van der Waals surface area contributed by atoms with Crippen LogP contribution in [0, 0.1) is 0 Å². The highest BCUT2D eigenvalue weighted by Crippen LogP contribution is 2.37. The molecule has 126 valence electrons. The minimum Gasteiger partial charge on any atom is -0.370 e. The topological polar surface area (TPSA) is 51.7 Å². The van der Waals surface area contributed by atoms with Crippen molar-refractivity contribution >= 4 is 17.2 Å². The zero-order valence-electron chi connectivity index (χ0n) is 13.4. The van der Waals surface area contributed by atoms with E-state index in [2.05, 4.69) is 4.98 Å². The van der Waals surface area contributed by atoms with E-state index in [-0.39, 0.29) is 17.6 Å². The minimum absolute atomic E-state index is 0.0730. The number of likely N-dealkylation sites (tertiary alicyclic amines) is 1. The van der Waals surface area contributed by atoms with Crippen LogP contribution >= 0.6 is 11.3 Å². The average Bonchev–Trinajstić information content (AvgIpc) is 3.36. The molecule has 2 atom stereocenters. The lowest BCUT2D eigenvalue weighted by atomic mass is 9.98. The highest BCUT2D eigenvalue weighted by Gasteiger charge is 2.47. The van der Waals surface area contributed by atoms with Crippen molar-refractivity contribution in [2.24, 2.45) is 0 Å². The maximum Gasteiger partial charge on any atom is 0.264 e. The fraction of sp³-hybridized carbons (Fsp3) is 0.444. The highest BCUT2D eigenvalue weighted by molar-refractivity contribution is 7.12. The number of nitrogens with zero attached hydrogens (tertiary/aromatic N) is 2. The molecule has 0 unspecified atom stereocenters. The van der Waals surface area contributed by atoms with Crippen LogP contribution in [0.5, 0.6) is 0 Å². The van der Waals surface area contributed by atoms with Crippen LogP contribution in [0.15, 0.2) is 41.9 Å². The van der Waals surface area contributed by atoms with E-state index in [0.29, 0.717) is 19.8 Å². The van der Waals surface area contributed by atoms with E-state index < -0.39 is 0 Å². The molecule has 4 rings (SSSR count). The van der Waals surface area contributed by atoms with Crippen LogP contribution in [0.25, 0.3) is 0 Å². The Kier molecular flexibility index (Phi) is 4.35. The maximum atomic E-state index is 12.5. The summed E-state index contributed by atoms with van der Waals surface area (Å²) in [7, 11) is 0. The lowest BCUT2D eigenvalue weighted by Crippen LogP contribution is -2.35. The number of amides is 1. The zero-order valence-corrected chi connectivity index (χ0v) is 14.2. The van der Waals surface area contributed by atoms with Crippen molar-refractivity contribution in [2.45, 2.75) is 31.2 Å². The first-order valence-corrected chi connectivity index (χ1v) is 9.10. The van der Waals surface area contributed by atoms with E-state index >= 15 is 0 Å². The summed E-state index contributed by atoms with van der Waals surface area (Å²) in [4.78, 5) is 19.5. The molecule has 0 N–H and O–H groups in total. The molecule has 0 aliphatic carbocycles. The van der Waals surface area contributed by atoms with Gasteiger partial charge in [-0.1, -0.05) is 12.1 Å². The molecular weight excluding hydrogens is 324 g/mol. The number of rotatable bonds is 4. The molecule has 2 fully saturated rings. The van der Waals surface area contributed by atoms with Gasteiger partial charge in [0.15, 0.2) is 0 Å². The fourth-order valence-corrected chi connectivity index (χ4v) is 4.15. The van der Waals surface area contributed by atoms with Gasteiger partial charge >= 0.3 is 0 Å². The molecule has 2 aliphatic heterocycles. The van der Waals surface area contributed by atoms with Crippen LogP contribution in [0.1, 0.15) is 28.2 Å². The van der Waals surface area contributed by atoms with Gasteiger partial charge in [0, 0.05) is 19.2 Å². The van der Waals surface area contributed by atoms with Crippen molar-refractivity contribution in [1.82, 2.24) is 9.88 Å². The third-order valence-corrected chi connectivity index (χ3v) is 5.56. The molecule has 6 heteroatoms. The van der Waals surface area contributed by atoms with Gasteiger partial charge in [-0.25, -0.2) is 0 Å². The first-order chi connectivity index (χ1) is 11.7. The van der Waals surface area contributed by atoms with Gasteiger partial charge in [-0.15, -0.1) is 11.3 Å². The monoisotopic (exact) mass is 344 g/mol. The Hall–Kier alpha value is -1.76. The molecule has 2 aliphatic rings. The summed E-state index contributed by atoms with van der Waals surface area (Å²) in [6.45, 7) is 2.51. The zero-order chi connectivity index (χ0) is 16.4. The molecule has 4 heterocycles. The number of aromatic nitrogens is 1. The Morgan fingerprint density at radius 1 is 1.42 bits per heavy atom. The van der Waals surface area contributed by atoms with Crippen molar-refractivity contribution in [2.75, 3.05) is 19.7 Å². The van der Waals surface area contributed by atoms with E-state index in [1.54, 1.807) is 6.20 Å². The number of thiophene rings is 1. The van der Waals surface area contributed by atoms with Gasteiger partial charge in [0.05, 0.1) is 42.0 Å². The van der Waals surface area contributed by atoms with Gasteiger partial charge in [0.1, 0.15) is 0 Å². The largest absolute Gasteiger partial charge is 0.370 e. The van der Waals surface area contributed by atoms with E-state index in [4.69, 9.17) is 9.47 Å². The Morgan fingerprint density at radius 3 is 3.17 bits per heavy atom. The van der Waals surface area contributed by atoms with Gasteiger partial charge in [0.25, 0.3) is 5.91 Å². The summed E-state index contributed by atoms with van der Waals surface area (Å²) >= 11 is 1.49. The van der Waals surface area contributed by atoms with Gasteiger partial charge in [-0.2, -0.15) is 0 Å². The molecule has 0 saturated carbocycles. The number of hydrogen-bond acceptors (Lipinski definition) is 5. The average molecular weight is 344 g/mol. The number of ether oxygens (including phenoxy) is 2. The Morgan fingerprint density at radius 2 is 2.38 bits per heavy atom. The highest BCUT2D eigenvalue weighted by atomic mass is 32.1. The van der Waals surface area contributed by atoms with Gasteiger partial charge in [0.2, 0.25) is 0 Å². The molecular formula is C18H20N2O3S. The molecule has 1 amide bonds. The summed E-state index contributed by atoms with van der Waals surface area (Å²) in [6.07, 6.45) is 3.57. The first kappa shape index (κ1) is 15.7. The molecule has 1 spiro atoms. The van der Waals surface area contributed by atoms with Crippen LogP contribution in [-0.2, 0) is 16.1 Å². The Labute approximate surface area is 145 Å². The number of carbonyl (C=O) groups excluding carboxylic acids is 1. The second-order valence-corrected chi connectivity index (χ2v) is 7.35. The number of hydrogen-bond donors (Lipinski definition) is 0. The predicted octanol–water partition coefficient (Wildman–Crippen LogP) is 2.73. The molecule has 2 aromatic heterocycles. The van der Waals surface area contributed by atoms with Crippen LogP contribution in [0.2, 0.25) is 0 Å². The van der Waals surface area contributed by atoms with Crippen LogP contribution < -0.4 is 0 Å². The standard InChI is InChI=1S/C18H20N2O3S/c21-17(16-5-3-9-24-16)20-8-6-18(13-20)10-15(12-23-18)22-11-14-4-1-2-7-19-14/h1-5,7,9,15H,6,8,10-13H2/t15-,18+/m1/s1. The van der Waals surface area contributed by atoms with E-state index in [1.165, 1.54) is 11.3 Å². The van der Waals surface area contributed by atoms with Gasteiger partial charge in [-0.3, -0.25) is 9.78 Å². The predicted molar refractivity (Wildman–Crippen MR) is 91.0 cm³/mol. The van der Waals surface area contributed by atoms with Gasteiger partial charge in [-0.05, 0) is 30.0 Å². The first-order valence-electron chi connectivity index (χ1n) is 8.22. The molecule has 24 heavy (non-hydrogen) atoms. The third kappa shape index (κ3) is 3.22. The third-order valence-electron chi connectivity index (χ3n) is 4.70. The van der Waals surface area contributed by atoms with Crippen LogP contribution in [-0.4, -0.2) is 47.2 Å². The SMILES string of the molecule is O=C(c1cccs1)N1CC[C@]2(C[C@@H](OCc3ccccn3)CO2)C1. The Bertz CT molecular complexity index is 692. The van der Waals surface area contributed by atoms with Crippen molar-refractivity contribution in [3.8, 4) is 0 Å². The van der Waals surface area contributed by atoms with Crippen LogP contribution in [0.3, 0.4) is 0 Å². The summed E-state index contributed by atoms with van der Waals surface area (Å²) in [6, 6.07) is 9.62. The van der Waals surface area contributed by atoms with Crippen LogP contribution in [0.4, 0.5) is 0 Å². The van der Waals surface area contributed by atoms with Crippen molar-refractivity contribution in [3.05, 3.63) is 52.5 Å². The van der Waals surface area contributed by atoms with E-state index in [1.807, 2.05) is 40.6 Å². The van der Waals surface area contributed by atoms with Crippen molar-refractivity contribution < 1.29 is 14.3 Å². The van der Waals surface area contributed by atoms with Crippen molar-refractivity contribution in [1.29, 1.82) is 0 Å². The fourth-order valence-electron chi connectivity index (χ4n) is 3.45. The quantitative estimate of drug-likeness (QED) is 0.856. The van der Waals surface area contributed by atoms with E-state index in [9.17, 15) is 4.79 Å². The van der Waals surface area contributed by atoms with Gasteiger partial charge < -0.3 is 14.4 Å². The number of carbonyl (C=O) groups is 1. The maximum absolute atomic E-state index is 12.5. The molecule has 0 aromatic carbocycles. The summed E-state index contributed by atoms with van der Waals surface area (Å²) in [5.41, 5.74) is 0.696. The smallest absolute Gasteiger partial charge is 0.264 e. The molecule has 5 nitrogen and oxygen atoms in total. The van der Waals surface area contributed by atoms with Crippen molar-refractivity contribution in [3.63, 3.8) is 0 Å². The molecule has 2 aromatic rings. The lowest BCUT2D eigenvalue weighted by molar-refractivity contribution is -0.0000743. The molecule has 0 radical (unpaired) electrons. The summed E-state index contributed by atoms with van der Waals surface area (Å²) < 4.78 is 12.0. The normalized spacial score (nSPS) is 26.3. The van der Waals surface area contributed by atoms with E-state index in [0.717, 1.165) is 30.0 Å². The molecule has 0 bridgehead atoms. The number of pyridine rings is 1. The second kappa shape index (κ2) is 6.63. The Balaban J connectivity index is 1.32. The summed E-state index contributed by atoms with van der Waals surface area (Å²) in [5, 5.41) is 1.94. The lowest BCUT2D eigenvalue weighted by Gasteiger charge is -2.23. The molecule has 2 saturated heterocycles. The minimum atomic E-state index is -0.234. The summed E-state index contributed by atoms with van der Waals surface area (Å²) in [5.74, 6) is 0.114. The second-order valence-electron chi connectivity index (χ2n) is 6.41.